The molecule has 1 atom stereocenters. The average molecular weight is 259 g/mol. The van der Waals surface area contributed by atoms with E-state index in [0.717, 1.165) is 24.7 Å². The summed E-state index contributed by atoms with van der Waals surface area (Å²) in [6.07, 6.45) is 0.979. The first kappa shape index (κ1) is 11.8. The van der Waals surface area contributed by atoms with E-state index in [1.54, 1.807) is 7.11 Å². The molecule has 19 heavy (non-hydrogen) atoms. The Labute approximate surface area is 111 Å². The molecule has 3 rings (SSSR count). The van der Waals surface area contributed by atoms with Gasteiger partial charge in [-0.1, -0.05) is 12.1 Å². The minimum Gasteiger partial charge on any atom is -0.497 e. The summed E-state index contributed by atoms with van der Waals surface area (Å²) in [6, 6.07) is 8.31. The van der Waals surface area contributed by atoms with Crippen LogP contribution in [0.15, 0.2) is 24.3 Å². The summed E-state index contributed by atoms with van der Waals surface area (Å²) in [5.74, 6) is 2.31. The standard InChI is InChI=1S/C13H17N5O/c1-14-12-16-13-15-7-6-11(18(13)17-12)9-4-3-5-10(8-9)19-2/h3-5,8,11H,6-7H2,1-2H3,(H2,14,15,16,17). The van der Waals surface area contributed by atoms with Crippen LogP contribution >= 0.6 is 0 Å². The number of hydrogen-bond donors (Lipinski definition) is 2. The first-order valence-electron chi connectivity index (χ1n) is 6.34. The Hall–Kier alpha value is -2.24. The summed E-state index contributed by atoms with van der Waals surface area (Å²) in [5, 5.41) is 10.7. The highest BCUT2D eigenvalue weighted by Crippen LogP contribution is 2.30. The van der Waals surface area contributed by atoms with E-state index in [9.17, 15) is 0 Å². The smallest absolute Gasteiger partial charge is 0.243 e. The fraction of sp³-hybridized carbons (Fsp3) is 0.385. The van der Waals surface area contributed by atoms with Crippen LogP contribution in [0, 0.1) is 0 Å². The van der Waals surface area contributed by atoms with Crippen LogP contribution in [-0.2, 0) is 0 Å². The number of anilines is 2. The maximum Gasteiger partial charge on any atom is 0.243 e. The first-order valence-corrected chi connectivity index (χ1v) is 6.34. The molecule has 0 amide bonds. The average Bonchev–Trinajstić information content (AvgIpc) is 2.90. The molecule has 1 aliphatic heterocycles. The molecule has 1 aromatic carbocycles. The zero-order valence-electron chi connectivity index (χ0n) is 11.1. The summed E-state index contributed by atoms with van der Waals surface area (Å²) >= 11 is 0. The minimum atomic E-state index is 0.195. The van der Waals surface area contributed by atoms with Gasteiger partial charge in [0, 0.05) is 13.6 Å². The van der Waals surface area contributed by atoms with E-state index < -0.39 is 0 Å². The Morgan fingerprint density at radius 1 is 1.47 bits per heavy atom. The summed E-state index contributed by atoms with van der Waals surface area (Å²) in [5.41, 5.74) is 1.19. The van der Waals surface area contributed by atoms with Crippen LogP contribution in [0.5, 0.6) is 5.75 Å². The number of nitrogens with one attached hydrogen (secondary N) is 2. The Balaban J connectivity index is 2.00. The van der Waals surface area contributed by atoms with E-state index >= 15 is 0 Å². The lowest BCUT2D eigenvalue weighted by atomic mass is 10.0. The Morgan fingerprint density at radius 3 is 3.16 bits per heavy atom. The van der Waals surface area contributed by atoms with Crippen LogP contribution < -0.4 is 15.4 Å². The summed E-state index contributed by atoms with van der Waals surface area (Å²) in [7, 11) is 3.50. The number of methoxy groups -OCH3 is 1. The fourth-order valence-corrected chi connectivity index (χ4v) is 2.37. The van der Waals surface area contributed by atoms with Gasteiger partial charge in [0.15, 0.2) is 0 Å². The maximum absolute atomic E-state index is 5.29. The SMILES string of the molecule is CNc1nc2n(n1)C(c1cccc(OC)c1)CCN2. The van der Waals surface area contributed by atoms with Crippen LogP contribution in [0.1, 0.15) is 18.0 Å². The third-order valence-electron chi connectivity index (χ3n) is 3.33. The molecule has 0 fully saturated rings. The monoisotopic (exact) mass is 259 g/mol. The topological polar surface area (TPSA) is 64.0 Å². The Bertz CT molecular complexity index is 580. The molecule has 6 nitrogen and oxygen atoms in total. The number of rotatable bonds is 3. The molecular weight excluding hydrogens is 242 g/mol. The van der Waals surface area contributed by atoms with Crippen molar-refractivity contribution in [1.82, 2.24) is 14.8 Å². The molecule has 0 spiro atoms. The van der Waals surface area contributed by atoms with Crippen LogP contribution in [-0.4, -0.2) is 35.5 Å². The van der Waals surface area contributed by atoms with Crippen LogP contribution in [0.3, 0.4) is 0 Å². The molecule has 1 aliphatic rings. The number of aromatic nitrogens is 3. The van der Waals surface area contributed by atoms with Gasteiger partial charge in [-0.05, 0) is 24.1 Å². The molecule has 2 N–H and O–H groups in total. The lowest BCUT2D eigenvalue weighted by molar-refractivity contribution is 0.411. The van der Waals surface area contributed by atoms with Gasteiger partial charge in [-0.2, -0.15) is 4.98 Å². The Morgan fingerprint density at radius 2 is 2.37 bits per heavy atom. The molecule has 0 aliphatic carbocycles. The van der Waals surface area contributed by atoms with Crippen molar-refractivity contribution < 1.29 is 4.74 Å². The van der Waals surface area contributed by atoms with Gasteiger partial charge in [0.2, 0.25) is 11.9 Å². The van der Waals surface area contributed by atoms with Crippen molar-refractivity contribution in [2.24, 2.45) is 0 Å². The molecule has 2 heterocycles. The number of nitrogens with zero attached hydrogens (tertiary/aromatic N) is 3. The van der Waals surface area contributed by atoms with Crippen LogP contribution in [0.2, 0.25) is 0 Å². The zero-order chi connectivity index (χ0) is 13.2. The van der Waals surface area contributed by atoms with Gasteiger partial charge in [0.05, 0.1) is 13.2 Å². The molecule has 100 valence electrons. The molecule has 6 heteroatoms. The molecule has 2 aromatic rings. The van der Waals surface area contributed by atoms with E-state index in [1.807, 2.05) is 23.9 Å². The predicted octanol–water partition coefficient (Wildman–Crippen LogP) is 1.73. The quantitative estimate of drug-likeness (QED) is 0.879. The van der Waals surface area contributed by atoms with E-state index in [0.29, 0.717) is 5.95 Å². The molecular formula is C13H17N5O. The molecule has 0 radical (unpaired) electrons. The predicted molar refractivity (Wildman–Crippen MR) is 73.8 cm³/mol. The lowest BCUT2D eigenvalue weighted by Crippen LogP contribution is -2.24. The number of hydrogen-bond acceptors (Lipinski definition) is 5. The molecule has 0 bridgehead atoms. The van der Waals surface area contributed by atoms with Gasteiger partial charge in [-0.25, -0.2) is 4.68 Å². The highest BCUT2D eigenvalue weighted by atomic mass is 16.5. The number of fused-ring (bicyclic) bond motifs is 1. The van der Waals surface area contributed by atoms with Gasteiger partial charge in [-0.15, -0.1) is 5.10 Å². The normalized spacial score (nSPS) is 17.5. The van der Waals surface area contributed by atoms with Gasteiger partial charge < -0.3 is 15.4 Å². The van der Waals surface area contributed by atoms with Gasteiger partial charge in [-0.3, -0.25) is 0 Å². The molecule has 0 saturated carbocycles. The minimum absolute atomic E-state index is 0.195. The van der Waals surface area contributed by atoms with Crippen LogP contribution in [0.4, 0.5) is 11.9 Å². The highest BCUT2D eigenvalue weighted by Gasteiger charge is 2.24. The van der Waals surface area contributed by atoms with Crippen molar-refractivity contribution in [3.63, 3.8) is 0 Å². The van der Waals surface area contributed by atoms with Gasteiger partial charge >= 0.3 is 0 Å². The Kier molecular flexibility index (Phi) is 2.98. The van der Waals surface area contributed by atoms with Crippen molar-refractivity contribution in [1.29, 1.82) is 0 Å². The van der Waals surface area contributed by atoms with E-state index in [-0.39, 0.29) is 6.04 Å². The summed E-state index contributed by atoms with van der Waals surface area (Å²) in [6.45, 7) is 0.893. The van der Waals surface area contributed by atoms with Crippen molar-refractivity contribution in [2.45, 2.75) is 12.5 Å². The van der Waals surface area contributed by atoms with Crippen LogP contribution in [0.25, 0.3) is 0 Å². The summed E-state index contributed by atoms with van der Waals surface area (Å²) in [4.78, 5) is 4.39. The lowest BCUT2D eigenvalue weighted by Gasteiger charge is -2.24. The second-order valence-electron chi connectivity index (χ2n) is 4.46. The van der Waals surface area contributed by atoms with Gasteiger partial charge in [0.25, 0.3) is 0 Å². The van der Waals surface area contributed by atoms with Crippen molar-refractivity contribution in [2.75, 3.05) is 31.3 Å². The number of ether oxygens (including phenoxy) is 1. The van der Waals surface area contributed by atoms with E-state index in [4.69, 9.17) is 4.74 Å². The van der Waals surface area contributed by atoms with Crippen molar-refractivity contribution >= 4 is 11.9 Å². The maximum atomic E-state index is 5.29. The van der Waals surface area contributed by atoms with E-state index in [2.05, 4.69) is 32.8 Å². The van der Waals surface area contributed by atoms with Crippen molar-refractivity contribution in [3.8, 4) is 5.75 Å². The summed E-state index contributed by atoms with van der Waals surface area (Å²) < 4.78 is 7.22. The van der Waals surface area contributed by atoms with Gasteiger partial charge in [0.1, 0.15) is 5.75 Å². The third-order valence-corrected chi connectivity index (χ3v) is 3.33. The number of benzene rings is 1. The molecule has 1 unspecified atom stereocenters. The highest BCUT2D eigenvalue weighted by molar-refractivity contribution is 5.40. The molecule has 0 saturated heterocycles. The van der Waals surface area contributed by atoms with E-state index in [1.165, 1.54) is 5.56 Å². The third kappa shape index (κ3) is 2.09. The second kappa shape index (κ2) is 4.79. The second-order valence-corrected chi connectivity index (χ2v) is 4.46. The fourth-order valence-electron chi connectivity index (χ4n) is 2.37. The largest absolute Gasteiger partial charge is 0.497 e. The van der Waals surface area contributed by atoms with Crippen molar-refractivity contribution in [3.05, 3.63) is 29.8 Å². The first-order chi connectivity index (χ1) is 9.31. The molecule has 1 aromatic heterocycles. The zero-order valence-corrected chi connectivity index (χ0v) is 11.1.